The predicted molar refractivity (Wildman–Crippen MR) is 90.3 cm³/mol. The number of benzene rings is 1. The Morgan fingerprint density at radius 3 is 2.35 bits per heavy atom. The zero-order valence-electron chi connectivity index (χ0n) is 12.8. The Morgan fingerprint density at radius 1 is 1.20 bits per heavy atom. The lowest BCUT2D eigenvalue weighted by molar-refractivity contribution is 0.193. The first-order valence-electron chi connectivity index (χ1n) is 7.57. The number of rotatable bonds is 4. The monoisotopic (exact) mass is 339 g/mol. The largest absolute Gasteiger partial charge is 0.369 e. The molecule has 0 aliphatic carbocycles. The molecular weight excluding hydrogens is 314 g/mol. The molecule has 0 bridgehead atoms. The SMILES string of the molecule is CCC(C)N1CCN(c2ccc(C(C)N)c(Br)c2)CC1. The summed E-state index contributed by atoms with van der Waals surface area (Å²) < 4.78 is 1.12. The highest BCUT2D eigenvalue weighted by atomic mass is 79.9. The van der Waals surface area contributed by atoms with Crippen molar-refractivity contribution < 1.29 is 0 Å². The minimum absolute atomic E-state index is 0.0701. The van der Waals surface area contributed by atoms with Crippen molar-refractivity contribution in [3.8, 4) is 0 Å². The van der Waals surface area contributed by atoms with Gasteiger partial charge in [-0.2, -0.15) is 0 Å². The Balaban J connectivity index is 2.02. The third-order valence-electron chi connectivity index (χ3n) is 4.37. The molecule has 1 saturated heterocycles. The molecule has 0 aromatic heterocycles. The first-order chi connectivity index (χ1) is 9.52. The fraction of sp³-hybridized carbons (Fsp3) is 0.625. The topological polar surface area (TPSA) is 32.5 Å². The minimum atomic E-state index is 0.0701. The summed E-state index contributed by atoms with van der Waals surface area (Å²) in [6.07, 6.45) is 1.23. The highest BCUT2D eigenvalue weighted by Crippen LogP contribution is 2.28. The molecule has 1 heterocycles. The lowest BCUT2D eigenvalue weighted by atomic mass is 10.1. The molecule has 0 spiro atoms. The fourth-order valence-corrected chi connectivity index (χ4v) is 3.49. The second kappa shape index (κ2) is 6.92. The molecule has 1 aliphatic heterocycles. The van der Waals surface area contributed by atoms with E-state index in [-0.39, 0.29) is 6.04 Å². The van der Waals surface area contributed by atoms with E-state index in [1.165, 1.54) is 17.7 Å². The fourth-order valence-electron chi connectivity index (χ4n) is 2.76. The van der Waals surface area contributed by atoms with Gasteiger partial charge >= 0.3 is 0 Å². The molecule has 0 amide bonds. The summed E-state index contributed by atoms with van der Waals surface area (Å²) in [6, 6.07) is 7.32. The van der Waals surface area contributed by atoms with E-state index in [0.29, 0.717) is 6.04 Å². The molecular formula is C16H26BrN3. The van der Waals surface area contributed by atoms with Crippen LogP contribution in [-0.4, -0.2) is 37.1 Å². The van der Waals surface area contributed by atoms with Crippen LogP contribution in [0, 0.1) is 0 Å². The van der Waals surface area contributed by atoms with Crippen molar-refractivity contribution in [3.05, 3.63) is 28.2 Å². The molecule has 0 saturated carbocycles. The molecule has 112 valence electrons. The molecule has 2 N–H and O–H groups in total. The van der Waals surface area contributed by atoms with Gasteiger partial charge in [-0.25, -0.2) is 0 Å². The van der Waals surface area contributed by atoms with Crippen LogP contribution < -0.4 is 10.6 Å². The molecule has 3 nitrogen and oxygen atoms in total. The smallest absolute Gasteiger partial charge is 0.0378 e. The van der Waals surface area contributed by atoms with Crippen molar-refractivity contribution >= 4 is 21.6 Å². The molecule has 1 aliphatic rings. The van der Waals surface area contributed by atoms with Crippen LogP contribution in [-0.2, 0) is 0 Å². The van der Waals surface area contributed by atoms with Crippen molar-refractivity contribution in [2.24, 2.45) is 5.73 Å². The molecule has 0 radical (unpaired) electrons. The average molecular weight is 340 g/mol. The van der Waals surface area contributed by atoms with Crippen molar-refractivity contribution in [1.29, 1.82) is 0 Å². The van der Waals surface area contributed by atoms with Crippen molar-refractivity contribution in [2.45, 2.75) is 39.3 Å². The van der Waals surface area contributed by atoms with Gasteiger partial charge in [0.2, 0.25) is 0 Å². The van der Waals surface area contributed by atoms with Crippen LogP contribution >= 0.6 is 15.9 Å². The number of nitrogens with two attached hydrogens (primary N) is 1. The molecule has 2 unspecified atom stereocenters. The quantitative estimate of drug-likeness (QED) is 0.912. The number of hydrogen-bond acceptors (Lipinski definition) is 3. The maximum Gasteiger partial charge on any atom is 0.0378 e. The number of anilines is 1. The highest BCUT2D eigenvalue weighted by molar-refractivity contribution is 9.10. The number of nitrogens with zero attached hydrogens (tertiary/aromatic N) is 2. The minimum Gasteiger partial charge on any atom is -0.369 e. The summed E-state index contributed by atoms with van der Waals surface area (Å²) in [5, 5.41) is 0. The first-order valence-corrected chi connectivity index (χ1v) is 8.36. The maximum absolute atomic E-state index is 5.96. The van der Waals surface area contributed by atoms with E-state index in [1.807, 2.05) is 6.92 Å². The Labute approximate surface area is 131 Å². The number of halogens is 1. The van der Waals surface area contributed by atoms with E-state index >= 15 is 0 Å². The van der Waals surface area contributed by atoms with Crippen LogP contribution in [0.3, 0.4) is 0 Å². The lowest BCUT2D eigenvalue weighted by Gasteiger charge is -2.39. The van der Waals surface area contributed by atoms with E-state index in [1.54, 1.807) is 0 Å². The van der Waals surface area contributed by atoms with Crippen LogP contribution in [0.2, 0.25) is 0 Å². The third-order valence-corrected chi connectivity index (χ3v) is 5.05. The summed E-state index contributed by atoms with van der Waals surface area (Å²) in [5.41, 5.74) is 8.43. The Bertz CT molecular complexity index is 439. The summed E-state index contributed by atoms with van der Waals surface area (Å²) in [6.45, 7) is 11.1. The maximum atomic E-state index is 5.96. The van der Waals surface area contributed by atoms with Gasteiger partial charge in [0.1, 0.15) is 0 Å². The molecule has 20 heavy (non-hydrogen) atoms. The number of hydrogen-bond donors (Lipinski definition) is 1. The van der Waals surface area contributed by atoms with E-state index in [4.69, 9.17) is 5.73 Å². The van der Waals surface area contributed by atoms with E-state index in [9.17, 15) is 0 Å². The Kier molecular flexibility index (Phi) is 5.47. The average Bonchev–Trinajstić information content (AvgIpc) is 2.46. The Hall–Kier alpha value is -0.580. The predicted octanol–water partition coefficient (Wildman–Crippen LogP) is 3.39. The van der Waals surface area contributed by atoms with E-state index in [2.05, 4.69) is 57.8 Å². The molecule has 1 aromatic carbocycles. The van der Waals surface area contributed by atoms with Gasteiger partial charge in [-0.15, -0.1) is 0 Å². The van der Waals surface area contributed by atoms with Gasteiger partial charge in [0, 0.05) is 48.4 Å². The Morgan fingerprint density at radius 2 is 1.85 bits per heavy atom. The molecule has 2 rings (SSSR count). The van der Waals surface area contributed by atoms with Gasteiger partial charge in [0.15, 0.2) is 0 Å². The lowest BCUT2D eigenvalue weighted by Crippen LogP contribution is -2.49. The van der Waals surface area contributed by atoms with Gasteiger partial charge in [-0.05, 0) is 38.0 Å². The summed E-state index contributed by atoms with van der Waals surface area (Å²) in [4.78, 5) is 5.05. The summed E-state index contributed by atoms with van der Waals surface area (Å²) in [5.74, 6) is 0. The van der Waals surface area contributed by atoms with Crippen molar-refractivity contribution in [2.75, 3.05) is 31.1 Å². The summed E-state index contributed by atoms with van der Waals surface area (Å²) in [7, 11) is 0. The standard InChI is InChI=1S/C16H26BrN3/c1-4-12(2)19-7-9-20(10-8-19)14-5-6-15(13(3)18)16(17)11-14/h5-6,11-13H,4,7-10,18H2,1-3H3. The highest BCUT2D eigenvalue weighted by Gasteiger charge is 2.20. The molecule has 1 fully saturated rings. The number of piperazine rings is 1. The van der Waals surface area contributed by atoms with Crippen molar-refractivity contribution in [1.82, 2.24) is 4.90 Å². The van der Waals surface area contributed by atoms with Gasteiger partial charge in [0.25, 0.3) is 0 Å². The van der Waals surface area contributed by atoms with Crippen molar-refractivity contribution in [3.63, 3.8) is 0 Å². The van der Waals surface area contributed by atoms with Gasteiger partial charge in [-0.3, -0.25) is 4.90 Å². The normalized spacial score (nSPS) is 19.9. The molecule has 1 aromatic rings. The second-order valence-corrected chi connectivity index (χ2v) is 6.63. The van der Waals surface area contributed by atoms with E-state index in [0.717, 1.165) is 30.7 Å². The zero-order valence-corrected chi connectivity index (χ0v) is 14.4. The van der Waals surface area contributed by atoms with Gasteiger partial charge < -0.3 is 10.6 Å². The van der Waals surface area contributed by atoms with Gasteiger partial charge in [0.05, 0.1) is 0 Å². The van der Waals surface area contributed by atoms with Crippen LogP contribution in [0.25, 0.3) is 0 Å². The first kappa shape index (κ1) is 15.8. The summed E-state index contributed by atoms with van der Waals surface area (Å²) >= 11 is 3.64. The van der Waals surface area contributed by atoms with Crippen LogP contribution in [0.5, 0.6) is 0 Å². The molecule has 4 heteroatoms. The zero-order chi connectivity index (χ0) is 14.7. The van der Waals surface area contributed by atoms with Crippen LogP contribution in [0.1, 0.15) is 38.8 Å². The molecule has 2 atom stereocenters. The van der Waals surface area contributed by atoms with Crippen LogP contribution in [0.15, 0.2) is 22.7 Å². The third kappa shape index (κ3) is 3.54. The van der Waals surface area contributed by atoms with Crippen LogP contribution in [0.4, 0.5) is 5.69 Å². The van der Waals surface area contributed by atoms with E-state index < -0.39 is 0 Å². The van der Waals surface area contributed by atoms with Gasteiger partial charge in [-0.1, -0.05) is 28.9 Å². The second-order valence-electron chi connectivity index (χ2n) is 5.77.